The third-order valence-corrected chi connectivity index (χ3v) is 2.81. The molecule has 1 fully saturated rings. The monoisotopic (exact) mass is 206 g/mol. The highest BCUT2D eigenvalue weighted by Crippen LogP contribution is 2.15. The van der Waals surface area contributed by atoms with E-state index in [0.717, 1.165) is 25.5 Å². The van der Waals surface area contributed by atoms with E-state index in [1.165, 1.54) is 18.4 Å². The van der Waals surface area contributed by atoms with Gasteiger partial charge in [-0.1, -0.05) is 13.0 Å². The van der Waals surface area contributed by atoms with Gasteiger partial charge in [-0.25, -0.2) is 4.98 Å². The Balaban J connectivity index is 1.91. The van der Waals surface area contributed by atoms with Gasteiger partial charge in [-0.15, -0.1) is 0 Å². The molecule has 0 amide bonds. The second kappa shape index (κ2) is 5.12. The minimum atomic E-state index is 0.511. The van der Waals surface area contributed by atoms with Crippen LogP contribution in [0.15, 0.2) is 18.3 Å². The molecule has 1 atom stereocenters. The summed E-state index contributed by atoms with van der Waals surface area (Å²) in [5.74, 6) is 0.800. The zero-order valence-corrected chi connectivity index (χ0v) is 9.20. The van der Waals surface area contributed by atoms with Crippen LogP contribution >= 0.6 is 0 Å². The molecule has 1 aromatic rings. The van der Waals surface area contributed by atoms with E-state index < -0.39 is 0 Å². The first kappa shape index (κ1) is 10.4. The Labute approximate surface area is 90.9 Å². The third kappa shape index (κ3) is 2.69. The lowest BCUT2D eigenvalue weighted by Crippen LogP contribution is -2.28. The highest BCUT2D eigenvalue weighted by molar-refractivity contribution is 5.25. The van der Waals surface area contributed by atoms with Gasteiger partial charge in [0.2, 0.25) is 5.88 Å². The molecule has 0 saturated carbocycles. The highest BCUT2D eigenvalue weighted by atomic mass is 16.5. The number of pyridine rings is 1. The van der Waals surface area contributed by atoms with Gasteiger partial charge in [-0.05, 0) is 31.9 Å². The summed E-state index contributed by atoms with van der Waals surface area (Å²) in [5, 5.41) is 3.41. The number of hydrogen-bond acceptors (Lipinski definition) is 3. The number of hydrogen-bond donors (Lipinski definition) is 1. The van der Waals surface area contributed by atoms with Crippen LogP contribution < -0.4 is 10.1 Å². The highest BCUT2D eigenvalue weighted by Gasteiger charge is 2.15. The molecule has 1 aliphatic rings. The summed E-state index contributed by atoms with van der Waals surface area (Å²) in [4.78, 5) is 4.26. The van der Waals surface area contributed by atoms with Crippen molar-refractivity contribution in [3.63, 3.8) is 0 Å². The Morgan fingerprint density at radius 1 is 1.60 bits per heavy atom. The second-order valence-corrected chi connectivity index (χ2v) is 3.93. The topological polar surface area (TPSA) is 34.1 Å². The first-order valence-corrected chi connectivity index (χ1v) is 5.70. The molecule has 1 aliphatic heterocycles. The van der Waals surface area contributed by atoms with Crippen molar-refractivity contribution in [2.24, 2.45) is 0 Å². The van der Waals surface area contributed by atoms with Gasteiger partial charge in [0.1, 0.15) is 6.61 Å². The molecule has 0 unspecified atom stereocenters. The largest absolute Gasteiger partial charge is 0.476 e. The van der Waals surface area contributed by atoms with Gasteiger partial charge < -0.3 is 10.1 Å². The number of ether oxygens (including phenoxy) is 1. The van der Waals surface area contributed by atoms with Crippen molar-refractivity contribution >= 4 is 0 Å². The fraction of sp³-hybridized carbons (Fsp3) is 0.583. The first-order chi connectivity index (χ1) is 7.40. The third-order valence-electron chi connectivity index (χ3n) is 2.81. The summed E-state index contributed by atoms with van der Waals surface area (Å²) in [6.07, 6.45) is 5.24. The van der Waals surface area contributed by atoms with E-state index in [1.54, 1.807) is 6.20 Å². The maximum atomic E-state index is 5.74. The van der Waals surface area contributed by atoms with Crippen LogP contribution in [0.4, 0.5) is 0 Å². The molecule has 1 aromatic heterocycles. The van der Waals surface area contributed by atoms with Gasteiger partial charge in [0, 0.05) is 17.8 Å². The summed E-state index contributed by atoms with van der Waals surface area (Å²) >= 11 is 0. The second-order valence-electron chi connectivity index (χ2n) is 3.93. The lowest BCUT2D eigenvalue weighted by molar-refractivity contribution is 0.265. The minimum Gasteiger partial charge on any atom is -0.476 e. The quantitative estimate of drug-likeness (QED) is 0.815. The standard InChI is InChI=1S/C12H18N2O/c1-2-10-5-3-8-14-12(10)15-9-11-6-4-7-13-11/h3,5,8,11,13H,2,4,6-7,9H2,1H3/t11-/m1/s1. The fourth-order valence-corrected chi connectivity index (χ4v) is 1.90. The van der Waals surface area contributed by atoms with Crippen molar-refractivity contribution in [3.05, 3.63) is 23.9 Å². The molecular weight excluding hydrogens is 188 g/mol. The average Bonchev–Trinajstić information content (AvgIpc) is 2.79. The predicted octanol–water partition coefficient (Wildman–Crippen LogP) is 1.77. The summed E-state index contributed by atoms with van der Waals surface area (Å²) in [5.41, 5.74) is 1.19. The van der Waals surface area contributed by atoms with Crippen molar-refractivity contribution in [1.29, 1.82) is 0 Å². The van der Waals surface area contributed by atoms with E-state index in [-0.39, 0.29) is 0 Å². The van der Waals surface area contributed by atoms with Gasteiger partial charge >= 0.3 is 0 Å². The maximum Gasteiger partial charge on any atom is 0.216 e. The first-order valence-electron chi connectivity index (χ1n) is 5.70. The van der Waals surface area contributed by atoms with E-state index in [4.69, 9.17) is 4.74 Å². The number of aryl methyl sites for hydroxylation is 1. The van der Waals surface area contributed by atoms with Crippen LogP contribution in [0.5, 0.6) is 5.88 Å². The lowest BCUT2D eigenvalue weighted by atomic mass is 10.2. The Morgan fingerprint density at radius 3 is 3.27 bits per heavy atom. The normalized spacial score (nSPS) is 20.5. The molecule has 82 valence electrons. The molecule has 15 heavy (non-hydrogen) atoms. The van der Waals surface area contributed by atoms with Crippen molar-refractivity contribution < 1.29 is 4.74 Å². The van der Waals surface area contributed by atoms with Crippen molar-refractivity contribution in [2.45, 2.75) is 32.2 Å². The molecule has 3 nitrogen and oxygen atoms in total. The Morgan fingerprint density at radius 2 is 2.53 bits per heavy atom. The maximum absolute atomic E-state index is 5.74. The summed E-state index contributed by atoms with van der Waals surface area (Å²) < 4.78 is 5.74. The average molecular weight is 206 g/mol. The molecular formula is C12H18N2O. The van der Waals surface area contributed by atoms with Gasteiger partial charge in [0.25, 0.3) is 0 Å². The molecule has 0 aromatic carbocycles. The smallest absolute Gasteiger partial charge is 0.216 e. The van der Waals surface area contributed by atoms with Crippen LogP contribution in [-0.2, 0) is 6.42 Å². The predicted molar refractivity (Wildman–Crippen MR) is 60.1 cm³/mol. The molecule has 0 radical (unpaired) electrons. The van der Waals surface area contributed by atoms with Crippen LogP contribution in [0, 0.1) is 0 Å². The molecule has 2 rings (SSSR count). The van der Waals surface area contributed by atoms with E-state index in [0.29, 0.717) is 6.04 Å². The molecule has 1 saturated heterocycles. The minimum absolute atomic E-state index is 0.511. The number of aromatic nitrogens is 1. The number of rotatable bonds is 4. The van der Waals surface area contributed by atoms with Gasteiger partial charge in [-0.3, -0.25) is 0 Å². The van der Waals surface area contributed by atoms with Crippen LogP contribution in [0.2, 0.25) is 0 Å². The van der Waals surface area contributed by atoms with Crippen molar-refractivity contribution in [1.82, 2.24) is 10.3 Å². The van der Waals surface area contributed by atoms with E-state index in [2.05, 4.69) is 23.3 Å². The van der Waals surface area contributed by atoms with E-state index in [9.17, 15) is 0 Å². The number of nitrogens with one attached hydrogen (secondary N) is 1. The Bertz CT molecular complexity index is 308. The van der Waals surface area contributed by atoms with Gasteiger partial charge in [-0.2, -0.15) is 0 Å². The molecule has 3 heteroatoms. The SMILES string of the molecule is CCc1cccnc1OC[C@H]1CCCN1. The van der Waals surface area contributed by atoms with Crippen LogP contribution in [0.1, 0.15) is 25.3 Å². The van der Waals surface area contributed by atoms with Crippen molar-refractivity contribution in [2.75, 3.05) is 13.2 Å². The molecule has 0 aliphatic carbocycles. The zero-order valence-electron chi connectivity index (χ0n) is 9.20. The summed E-state index contributed by atoms with van der Waals surface area (Å²) in [6, 6.07) is 4.54. The number of nitrogens with zero attached hydrogens (tertiary/aromatic N) is 1. The molecule has 2 heterocycles. The molecule has 0 spiro atoms. The zero-order chi connectivity index (χ0) is 10.5. The lowest BCUT2D eigenvalue weighted by Gasteiger charge is -2.13. The van der Waals surface area contributed by atoms with Gasteiger partial charge in [0.15, 0.2) is 0 Å². The fourth-order valence-electron chi connectivity index (χ4n) is 1.90. The summed E-state index contributed by atoms with van der Waals surface area (Å²) in [7, 11) is 0. The Hall–Kier alpha value is -1.09. The van der Waals surface area contributed by atoms with Gasteiger partial charge in [0.05, 0.1) is 0 Å². The Kier molecular flexibility index (Phi) is 3.56. The van der Waals surface area contributed by atoms with Crippen LogP contribution in [0.25, 0.3) is 0 Å². The molecule has 1 N–H and O–H groups in total. The van der Waals surface area contributed by atoms with E-state index >= 15 is 0 Å². The van der Waals surface area contributed by atoms with Crippen molar-refractivity contribution in [3.8, 4) is 5.88 Å². The van der Waals surface area contributed by atoms with Crippen LogP contribution in [-0.4, -0.2) is 24.2 Å². The molecule has 0 bridgehead atoms. The summed E-state index contributed by atoms with van der Waals surface area (Å²) in [6.45, 7) is 3.98. The van der Waals surface area contributed by atoms with E-state index in [1.807, 2.05) is 6.07 Å². The van der Waals surface area contributed by atoms with Crippen LogP contribution in [0.3, 0.4) is 0 Å².